The molecule has 1 amide bonds. The Morgan fingerprint density at radius 2 is 1.86 bits per heavy atom. The van der Waals surface area contributed by atoms with E-state index in [9.17, 15) is 9.90 Å². The van der Waals surface area contributed by atoms with Crippen molar-refractivity contribution >= 4 is 5.91 Å². The minimum Gasteiger partial charge on any atom is -0.388 e. The van der Waals surface area contributed by atoms with Gasteiger partial charge in [0.25, 0.3) is 0 Å². The van der Waals surface area contributed by atoms with E-state index < -0.39 is 0 Å². The van der Waals surface area contributed by atoms with Crippen LogP contribution in [0.3, 0.4) is 0 Å². The number of amides is 1. The summed E-state index contributed by atoms with van der Waals surface area (Å²) in [5.74, 6) is 0.453. The first-order valence-corrected chi connectivity index (χ1v) is 7.97. The van der Waals surface area contributed by atoms with E-state index >= 15 is 0 Å². The molecule has 21 heavy (non-hydrogen) atoms. The van der Waals surface area contributed by atoms with Gasteiger partial charge in [0.2, 0.25) is 5.91 Å². The van der Waals surface area contributed by atoms with Crippen LogP contribution in [-0.2, 0) is 4.79 Å². The van der Waals surface area contributed by atoms with Crippen LogP contribution in [0, 0.1) is 5.92 Å². The van der Waals surface area contributed by atoms with Crippen LogP contribution in [0.4, 0.5) is 0 Å². The van der Waals surface area contributed by atoms with Crippen LogP contribution < -0.4 is 5.32 Å². The molecule has 3 rings (SSSR count). The Morgan fingerprint density at radius 1 is 1.19 bits per heavy atom. The third-order valence-electron chi connectivity index (χ3n) is 4.53. The van der Waals surface area contributed by atoms with Crippen molar-refractivity contribution in [3.8, 4) is 0 Å². The van der Waals surface area contributed by atoms with Gasteiger partial charge in [-0.05, 0) is 50.3 Å². The number of hydrogen-bond donors (Lipinski definition) is 2. The van der Waals surface area contributed by atoms with Crippen molar-refractivity contribution in [3.63, 3.8) is 0 Å². The second kappa shape index (κ2) is 6.58. The lowest BCUT2D eigenvalue weighted by Gasteiger charge is -2.34. The third kappa shape index (κ3) is 4.05. The first-order chi connectivity index (χ1) is 10.2. The molecule has 0 bridgehead atoms. The van der Waals surface area contributed by atoms with E-state index in [0.29, 0.717) is 18.5 Å². The Labute approximate surface area is 126 Å². The molecule has 1 aromatic carbocycles. The van der Waals surface area contributed by atoms with Gasteiger partial charge in [-0.2, -0.15) is 0 Å². The largest absolute Gasteiger partial charge is 0.388 e. The van der Waals surface area contributed by atoms with Crippen molar-refractivity contribution in [1.82, 2.24) is 10.2 Å². The first-order valence-electron chi connectivity index (χ1n) is 7.97. The molecule has 1 atom stereocenters. The second-order valence-electron chi connectivity index (χ2n) is 6.31. The van der Waals surface area contributed by atoms with Crippen LogP contribution in [0.15, 0.2) is 30.3 Å². The van der Waals surface area contributed by atoms with E-state index in [-0.39, 0.29) is 12.0 Å². The fraction of sp³-hybridized carbons (Fsp3) is 0.588. The van der Waals surface area contributed by atoms with Crippen LogP contribution in [0.25, 0.3) is 0 Å². The monoisotopic (exact) mass is 288 g/mol. The minimum absolute atomic E-state index is 0.152. The maximum Gasteiger partial charge on any atom is 0.234 e. The number of carbonyl (C=O) groups excluding carboxylic acids is 1. The predicted molar refractivity (Wildman–Crippen MR) is 81.7 cm³/mol. The number of rotatable bonds is 5. The summed E-state index contributed by atoms with van der Waals surface area (Å²) < 4.78 is 0. The van der Waals surface area contributed by atoms with Gasteiger partial charge in [0.05, 0.1) is 12.6 Å². The lowest BCUT2D eigenvalue weighted by Crippen LogP contribution is -2.42. The lowest BCUT2D eigenvalue weighted by molar-refractivity contribution is -0.122. The van der Waals surface area contributed by atoms with Crippen LogP contribution in [0.5, 0.6) is 0 Å². The van der Waals surface area contributed by atoms with Gasteiger partial charge in [0.15, 0.2) is 0 Å². The van der Waals surface area contributed by atoms with E-state index in [0.717, 1.165) is 44.3 Å². The molecule has 0 aromatic heterocycles. The number of benzene rings is 1. The highest BCUT2D eigenvalue weighted by atomic mass is 16.3. The smallest absolute Gasteiger partial charge is 0.234 e. The van der Waals surface area contributed by atoms with Crippen molar-refractivity contribution in [3.05, 3.63) is 35.9 Å². The topological polar surface area (TPSA) is 52.6 Å². The molecule has 2 N–H and O–H groups in total. The summed E-state index contributed by atoms with van der Waals surface area (Å²) in [6.07, 6.45) is 3.79. The molecule has 0 radical (unpaired) electrons. The molecule has 1 heterocycles. The zero-order chi connectivity index (χ0) is 14.7. The third-order valence-corrected chi connectivity index (χ3v) is 4.53. The van der Waals surface area contributed by atoms with Crippen LogP contribution >= 0.6 is 0 Å². The van der Waals surface area contributed by atoms with Crippen molar-refractivity contribution in [2.75, 3.05) is 19.6 Å². The van der Waals surface area contributed by atoms with Gasteiger partial charge in [-0.3, -0.25) is 9.69 Å². The van der Waals surface area contributed by atoms with E-state index in [4.69, 9.17) is 0 Å². The highest BCUT2D eigenvalue weighted by Gasteiger charge is 2.28. The van der Waals surface area contributed by atoms with Crippen LogP contribution in [0.1, 0.15) is 37.4 Å². The van der Waals surface area contributed by atoms with Crippen molar-refractivity contribution < 1.29 is 9.90 Å². The van der Waals surface area contributed by atoms with Crippen LogP contribution in [0.2, 0.25) is 0 Å². The van der Waals surface area contributed by atoms with Crippen molar-refractivity contribution in [2.24, 2.45) is 5.92 Å². The number of likely N-dealkylation sites (tertiary alicyclic amines) is 1. The Bertz CT molecular complexity index is 465. The fourth-order valence-corrected chi connectivity index (χ4v) is 3.05. The highest BCUT2D eigenvalue weighted by molar-refractivity contribution is 5.78. The molecule has 1 aliphatic carbocycles. The quantitative estimate of drug-likeness (QED) is 0.867. The Balaban J connectivity index is 1.45. The molecule has 2 fully saturated rings. The summed E-state index contributed by atoms with van der Waals surface area (Å²) in [5.41, 5.74) is 1.00. The number of nitrogens with one attached hydrogen (secondary N) is 1. The first kappa shape index (κ1) is 14.5. The van der Waals surface area contributed by atoms with E-state index in [1.807, 2.05) is 30.3 Å². The van der Waals surface area contributed by atoms with Gasteiger partial charge in [0, 0.05) is 6.04 Å². The number of aliphatic hydroxyl groups excluding tert-OH is 1. The molecule has 1 aliphatic heterocycles. The van der Waals surface area contributed by atoms with E-state index in [1.54, 1.807) is 0 Å². The minimum atomic E-state index is -0.381. The number of aliphatic hydroxyl groups is 1. The molecular formula is C17H24N2O2. The Hall–Kier alpha value is -1.39. The number of nitrogens with zero attached hydrogens (tertiary/aromatic N) is 1. The molecule has 4 heteroatoms. The van der Waals surface area contributed by atoms with Gasteiger partial charge >= 0.3 is 0 Å². The standard InChI is InChI=1S/C17H24N2O2/c20-16(18-15-6-7-15)12-19-10-8-14(9-11-19)17(21)13-4-2-1-3-5-13/h1-5,14-15,17,21H,6-12H2,(H,18,20)/t17-/m0/s1. The molecular weight excluding hydrogens is 264 g/mol. The lowest BCUT2D eigenvalue weighted by atomic mass is 9.87. The van der Waals surface area contributed by atoms with Crippen molar-refractivity contribution in [2.45, 2.75) is 37.8 Å². The molecule has 1 saturated heterocycles. The molecule has 2 aliphatic rings. The molecule has 1 aromatic rings. The normalized spacial score (nSPS) is 22.0. The summed E-state index contributed by atoms with van der Waals surface area (Å²) in [4.78, 5) is 14.0. The average molecular weight is 288 g/mol. The average Bonchev–Trinajstić information content (AvgIpc) is 3.32. The summed E-state index contributed by atoms with van der Waals surface area (Å²) >= 11 is 0. The summed E-state index contributed by atoms with van der Waals surface area (Å²) in [6, 6.07) is 10.3. The fourth-order valence-electron chi connectivity index (χ4n) is 3.05. The maximum atomic E-state index is 11.8. The van der Waals surface area contributed by atoms with Gasteiger partial charge in [0.1, 0.15) is 0 Å². The zero-order valence-corrected chi connectivity index (χ0v) is 12.4. The zero-order valence-electron chi connectivity index (χ0n) is 12.4. The summed E-state index contributed by atoms with van der Waals surface area (Å²) in [5, 5.41) is 13.5. The predicted octanol–water partition coefficient (Wildman–Crippen LogP) is 1.71. The van der Waals surface area contributed by atoms with Gasteiger partial charge in [-0.25, -0.2) is 0 Å². The Morgan fingerprint density at radius 3 is 2.48 bits per heavy atom. The number of carbonyl (C=O) groups is 1. The SMILES string of the molecule is O=C(CN1CCC([C@@H](O)c2ccccc2)CC1)NC1CC1. The van der Waals surface area contributed by atoms with Gasteiger partial charge in [-0.15, -0.1) is 0 Å². The van der Waals surface area contributed by atoms with Gasteiger partial charge < -0.3 is 10.4 Å². The summed E-state index contributed by atoms with van der Waals surface area (Å²) in [6.45, 7) is 2.30. The van der Waals surface area contributed by atoms with E-state index in [2.05, 4.69) is 10.2 Å². The highest BCUT2D eigenvalue weighted by Crippen LogP contribution is 2.30. The van der Waals surface area contributed by atoms with Gasteiger partial charge in [-0.1, -0.05) is 30.3 Å². The molecule has 0 spiro atoms. The van der Waals surface area contributed by atoms with Crippen molar-refractivity contribution in [1.29, 1.82) is 0 Å². The molecule has 114 valence electrons. The number of piperidine rings is 1. The second-order valence-corrected chi connectivity index (χ2v) is 6.31. The van der Waals surface area contributed by atoms with Crippen LogP contribution in [-0.4, -0.2) is 41.6 Å². The molecule has 4 nitrogen and oxygen atoms in total. The Kier molecular flexibility index (Phi) is 4.56. The number of hydrogen-bond acceptors (Lipinski definition) is 3. The van der Waals surface area contributed by atoms with E-state index in [1.165, 1.54) is 0 Å². The molecule has 1 saturated carbocycles. The maximum absolute atomic E-state index is 11.8. The molecule has 0 unspecified atom stereocenters. The summed E-state index contributed by atoms with van der Waals surface area (Å²) in [7, 11) is 0.